The monoisotopic (exact) mass is 386 g/mol. The molecule has 1 aromatic heterocycles. The molecule has 0 fully saturated rings. The van der Waals surface area contributed by atoms with Crippen molar-refractivity contribution in [3.63, 3.8) is 0 Å². The zero-order valence-electron chi connectivity index (χ0n) is 12.3. The molecule has 1 amide bonds. The number of carbonyl (C=O) groups is 1. The second kappa shape index (κ2) is 7.18. The van der Waals surface area contributed by atoms with Crippen LogP contribution in [0, 0.1) is 5.82 Å². The van der Waals surface area contributed by atoms with E-state index in [-0.39, 0.29) is 11.4 Å². The Kier molecular flexibility index (Phi) is 4.81. The molecular weight excluding hydrogens is 375 g/mol. The zero-order chi connectivity index (χ0) is 16.9. The van der Waals surface area contributed by atoms with Crippen molar-refractivity contribution >= 4 is 39.0 Å². The predicted molar refractivity (Wildman–Crippen MR) is 93.8 cm³/mol. The second-order valence-corrected chi connectivity index (χ2v) is 5.77. The molecule has 5 nitrogen and oxygen atoms in total. The Bertz CT molecular complexity index is 870. The number of halogens is 2. The smallest absolute Gasteiger partial charge is 0.274 e. The van der Waals surface area contributed by atoms with Gasteiger partial charge in [0.1, 0.15) is 23.7 Å². The van der Waals surface area contributed by atoms with Gasteiger partial charge in [-0.15, -0.1) is 0 Å². The summed E-state index contributed by atoms with van der Waals surface area (Å²) < 4.78 is 14.6. The molecule has 0 unspecified atom stereocenters. The van der Waals surface area contributed by atoms with Gasteiger partial charge in [-0.25, -0.2) is 14.4 Å². The maximum absolute atomic E-state index is 13.6. The molecule has 1 heterocycles. The Labute approximate surface area is 146 Å². The van der Waals surface area contributed by atoms with E-state index in [0.29, 0.717) is 5.82 Å². The number of nitrogens with one attached hydrogen (secondary N) is 2. The lowest BCUT2D eigenvalue weighted by Crippen LogP contribution is -2.15. The summed E-state index contributed by atoms with van der Waals surface area (Å²) in [6.07, 6.45) is 1.28. The molecule has 0 bridgehead atoms. The minimum absolute atomic E-state index is 0.100. The van der Waals surface area contributed by atoms with Gasteiger partial charge in [0.05, 0.1) is 5.69 Å². The van der Waals surface area contributed by atoms with Crippen molar-refractivity contribution in [1.29, 1.82) is 0 Å². The average molecular weight is 387 g/mol. The van der Waals surface area contributed by atoms with Crippen molar-refractivity contribution in [1.82, 2.24) is 9.97 Å². The molecular formula is C17H12BrFN4O. The minimum Gasteiger partial charge on any atom is -0.340 e. The molecule has 0 aliphatic rings. The van der Waals surface area contributed by atoms with E-state index in [9.17, 15) is 9.18 Å². The molecule has 120 valence electrons. The molecule has 0 saturated carbocycles. The maximum atomic E-state index is 13.6. The summed E-state index contributed by atoms with van der Waals surface area (Å²) in [5, 5.41) is 5.56. The standard InChI is InChI=1S/C17H12BrFN4O/c18-11-5-7-12(8-6-11)22-16-9-15(20-10-21-16)17(24)23-14-4-2-1-3-13(14)19/h1-10H,(H,23,24)(H,20,21,22). The number of aromatic nitrogens is 2. The highest BCUT2D eigenvalue weighted by Gasteiger charge is 2.11. The van der Waals surface area contributed by atoms with Crippen molar-refractivity contribution < 1.29 is 9.18 Å². The fraction of sp³-hybridized carbons (Fsp3) is 0. The van der Waals surface area contributed by atoms with Crippen LogP contribution in [-0.4, -0.2) is 15.9 Å². The maximum Gasteiger partial charge on any atom is 0.274 e. The van der Waals surface area contributed by atoms with Crippen LogP contribution in [0.3, 0.4) is 0 Å². The number of nitrogens with zero attached hydrogens (tertiary/aromatic N) is 2. The van der Waals surface area contributed by atoms with Crippen LogP contribution < -0.4 is 10.6 Å². The van der Waals surface area contributed by atoms with E-state index in [1.165, 1.54) is 24.5 Å². The van der Waals surface area contributed by atoms with E-state index >= 15 is 0 Å². The highest BCUT2D eigenvalue weighted by atomic mass is 79.9. The minimum atomic E-state index is -0.513. The topological polar surface area (TPSA) is 66.9 Å². The third-order valence-corrected chi connectivity index (χ3v) is 3.67. The lowest BCUT2D eigenvalue weighted by Gasteiger charge is -2.08. The fourth-order valence-electron chi connectivity index (χ4n) is 1.98. The van der Waals surface area contributed by atoms with Crippen molar-refractivity contribution in [2.45, 2.75) is 0 Å². The van der Waals surface area contributed by atoms with E-state index in [4.69, 9.17) is 0 Å². The molecule has 3 aromatic rings. The van der Waals surface area contributed by atoms with Gasteiger partial charge in [-0.3, -0.25) is 4.79 Å². The van der Waals surface area contributed by atoms with Gasteiger partial charge in [-0.1, -0.05) is 28.1 Å². The first-order chi connectivity index (χ1) is 11.6. The van der Waals surface area contributed by atoms with Gasteiger partial charge in [-0.05, 0) is 36.4 Å². The summed E-state index contributed by atoms with van der Waals surface area (Å²) in [4.78, 5) is 20.2. The summed E-state index contributed by atoms with van der Waals surface area (Å²) in [6.45, 7) is 0. The first kappa shape index (κ1) is 16.1. The van der Waals surface area contributed by atoms with Gasteiger partial charge in [-0.2, -0.15) is 0 Å². The number of hydrogen-bond donors (Lipinski definition) is 2. The van der Waals surface area contributed by atoms with E-state index in [2.05, 4.69) is 36.5 Å². The molecule has 7 heteroatoms. The number of amides is 1. The van der Waals surface area contributed by atoms with Crippen LogP contribution in [0.25, 0.3) is 0 Å². The fourth-order valence-corrected chi connectivity index (χ4v) is 2.24. The normalized spacial score (nSPS) is 10.2. The molecule has 3 rings (SSSR count). The van der Waals surface area contributed by atoms with Crippen LogP contribution >= 0.6 is 15.9 Å². The van der Waals surface area contributed by atoms with Gasteiger partial charge in [0.25, 0.3) is 5.91 Å². The summed E-state index contributed by atoms with van der Waals surface area (Å²) in [5.74, 6) is -0.555. The lowest BCUT2D eigenvalue weighted by molar-refractivity contribution is 0.102. The van der Waals surface area contributed by atoms with Crippen LogP contribution in [0.4, 0.5) is 21.6 Å². The largest absolute Gasteiger partial charge is 0.340 e. The van der Waals surface area contributed by atoms with Gasteiger partial charge in [0.2, 0.25) is 0 Å². The summed E-state index contributed by atoms with van der Waals surface area (Å²) in [5.41, 5.74) is 1.05. The summed E-state index contributed by atoms with van der Waals surface area (Å²) in [6, 6.07) is 14.9. The zero-order valence-corrected chi connectivity index (χ0v) is 13.9. The van der Waals surface area contributed by atoms with Gasteiger partial charge in [0, 0.05) is 16.2 Å². The van der Waals surface area contributed by atoms with E-state index in [1.807, 2.05) is 24.3 Å². The molecule has 24 heavy (non-hydrogen) atoms. The predicted octanol–water partition coefficient (Wildman–Crippen LogP) is 4.37. The third-order valence-electron chi connectivity index (χ3n) is 3.14. The van der Waals surface area contributed by atoms with Crippen LogP contribution in [0.2, 0.25) is 0 Å². The highest BCUT2D eigenvalue weighted by Crippen LogP contribution is 2.19. The Hall–Kier alpha value is -2.80. The molecule has 0 spiro atoms. The SMILES string of the molecule is O=C(Nc1ccccc1F)c1cc(Nc2ccc(Br)cc2)ncn1. The molecule has 2 N–H and O–H groups in total. The molecule has 0 aliphatic carbocycles. The number of anilines is 3. The molecule has 0 aliphatic heterocycles. The van der Waals surface area contributed by atoms with Crippen molar-refractivity contribution in [3.8, 4) is 0 Å². The average Bonchev–Trinajstić information content (AvgIpc) is 2.59. The Morgan fingerprint density at radius 1 is 1.04 bits per heavy atom. The van der Waals surface area contributed by atoms with Gasteiger partial charge >= 0.3 is 0 Å². The number of hydrogen-bond acceptors (Lipinski definition) is 4. The lowest BCUT2D eigenvalue weighted by atomic mass is 10.3. The Morgan fingerprint density at radius 2 is 1.79 bits per heavy atom. The van der Waals surface area contributed by atoms with Crippen molar-refractivity contribution in [2.75, 3.05) is 10.6 Å². The van der Waals surface area contributed by atoms with Crippen LogP contribution in [0.15, 0.2) is 65.4 Å². The number of rotatable bonds is 4. The number of para-hydroxylation sites is 1. The molecule has 0 atom stereocenters. The highest BCUT2D eigenvalue weighted by molar-refractivity contribution is 9.10. The first-order valence-corrected chi connectivity index (χ1v) is 7.81. The van der Waals surface area contributed by atoms with E-state index < -0.39 is 11.7 Å². The molecule has 0 saturated heterocycles. The van der Waals surface area contributed by atoms with E-state index in [1.54, 1.807) is 12.1 Å². The Morgan fingerprint density at radius 3 is 2.54 bits per heavy atom. The summed E-state index contributed by atoms with van der Waals surface area (Å²) >= 11 is 3.36. The van der Waals surface area contributed by atoms with Crippen LogP contribution in [-0.2, 0) is 0 Å². The van der Waals surface area contributed by atoms with Crippen molar-refractivity contribution in [3.05, 3.63) is 76.9 Å². The molecule has 2 aromatic carbocycles. The summed E-state index contributed by atoms with van der Waals surface area (Å²) in [7, 11) is 0. The van der Waals surface area contributed by atoms with Crippen LogP contribution in [0.1, 0.15) is 10.5 Å². The number of benzene rings is 2. The number of carbonyl (C=O) groups excluding carboxylic acids is 1. The van der Waals surface area contributed by atoms with Crippen molar-refractivity contribution in [2.24, 2.45) is 0 Å². The first-order valence-electron chi connectivity index (χ1n) is 7.02. The second-order valence-electron chi connectivity index (χ2n) is 4.85. The van der Waals surface area contributed by atoms with Crippen LogP contribution in [0.5, 0.6) is 0 Å². The van der Waals surface area contributed by atoms with Gasteiger partial charge in [0.15, 0.2) is 0 Å². The Balaban J connectivity index is 1.76. The molecule has 0 radical (unpaired) electrons. The van der Waals surface area contributed by atoms with E-state index in [0.717, 1.165) is 10.2 Å². The third kappa shape index (κ3) is 3.94. The van der Waals surface area contributed by atoms with Gasteiger partial charge < -0.3 is 10.6 Å². The quantitative estimate of drug-likeness (QED) is 0.698.